The van der Waals surface area contributed by atoms with Crippen LogP contribution in [0.15, 0.2) is 36.4 Å². The molecule has 0 saturated carbocycles. The van der Waals surface area contributed by atoms with Crippen molar-refractivity contribution in [1.82, 2.24) is 0 Å². The molecule has 0 radical (unpaired) electrons. The molecule has 176 valence electrons. The number of amides is 1. The molecule has 0 bridgehead atoms. The van der Waals surface area contributed by atoms with E-state index in [2.05, 4.69) is 26.1 Å². The molecule has 2 aromatic rings. The minimum absolute atomic E-state index is 0. The monoisotopic (exact) mass is 483 g/mol. The molecule has 0 spiro atoms. The second-order valence-corrected chi connectivity index (χ2v) is 11.4. The van der Waals surface area contributed by atoms with Crippen LogP contribution in [-0.2, 0) is 21.8 Å². The van der Waals surface area contributed by atoms with Gasteiger partial charge in [-0.1, -0.05) is 47.6 Å². The molecule has 0 fully saturated rings. The van der Waals surface area contributed by atoms with Gasteiger partial charge in [0.25, 0.3) is 0 Å². The van der Waals surface area contributed by atoms with Crippen LogP contribution in [0.4, 0.5) is 5.69 Å². The van der Waals surface area contributed by atoms with Gasteiger partial charge >= 0.3 is 35.5 Å². The summed E-state index contributed by atoms with van der Waals surface area (Å²) in [6.45, 7) is 12.0. The molecule has 2 aromatic carbocycles. The van der Waals surface area contributed by atoms with E-state index in [0.717, 1.165) is 5.56 Å². The molecule has 0 aliphatic carbocycles. The van der Waals surface area contributed by atoms with Crippen molar-refractivity contribution in [2.75, 3.05) is 12.4 Å². The van der Waals surface area contributed by atoms with Crippen LogP contribution in [0.3, 0.4) is 0 Å². The Hall–Kier alpha value is -1.67. The number of carbonyl (C=O) groups is 2. The predicted molar refractivity (Wildman–Crippen MR) is 131 cm³/mol. The zero-order valence-corrected chi connectivity index (χ0v) is 23.7. The average molecular weight is 484 g/mol. The van der Waals surface area contributed by atoms with Crippen molar-refractivity contribution < 1.29 is 55.2 Å². The standard InChI is InChI=1S/C25H33NO5S.Na.H/c1-24(2,3)23(29)26-18-9-11-19(17(14-18)15-32-25(4,5)6)31-21-12-16(13-22(27)28)8-10-20(21)30-7;;/h8-12,14H,13,15H2,1-7H3,(H,26,29)(H,27,28);;/q;+1;-1. The van der Waals surface area contributed by atoms with Gasteiger partial charge in [-0.15, -0.1) is 0 Å². The van der Waals surface area contributed by atoms with E-state index in [4.69, 9.17) is 14.6 Å². The summed E-state index contributed by atoms with van der Waals surface area (Å²) in [5, 5.41) is 12.1. The third kappa shape index (κ3) is 9.61. The van der Waals surface area contributed by atoms with Gasteiger partial charge in [-0.3, -0.25) is 9.59 Å². The van der Waals surface area contributed by atoms with Crippen molar-refractivity contribution in [2.45, 2.75) is 58.5 Å². The van der Waals surface area contributed by atoms with Crippen molar-refractivity contribution in [2.24, 2.45) is 5.41 Å². The molecule has 0 aliphatic rings. The van der Waals surface area contributed by atoms with Crippen molar-refractivity contribution in [1.29, 1.82) is 0 Å². The summed E-state index contributed by atoms with van der Waals surface area (Å²) in [5.74, 6) is 1.28. The number of rotatable bonds is 8. The first-order chi connectivity index (χ1) is 14.8. The van der Waals surface area contributed by atoms with Crippen molar-refractivity contribution >= 4 is 29.3 Å². The Morgan fingerprint density at radius 2 is 1.64 bits per heavy atom. The molecular weight excluding hydrogens is 449 g/mol. The zero-order valence-electron chi connectivity index (χ0n) is 21.9. The molecule has 0 unspecified atom stereocenters. The molecule has 8 heteroatoms. The fraction of sp³-hybridized carbons (Fsp3) is 0.440. The maximum atomic E-state index is 12.4. The smallest absolute Gasteiger partial charge is 1.00 e. The molecule has 0 saturated heterocycles. The Balaban J connectivity index is 0.00000544. The van der Waals surface area contributed by atoms with Crippen LogP contribution in [0, 0.1) is 5.41 Å². The number of anilines is 1. The summed E-state index contributed by atoms with van der Waals surface area (Å²) < 4.78 is 11.7. The van der Waals surface area contributed by atoms with Crippen LogP contribution >= 0.6 is 11.8 Å². The maximum absolute atomic E-state index is 12.4. The molecule has 2 N–H and O–H groups in total. The Kier molecular flexibility index (Phi) is 10.8. The SMILES string of the molecule is COc1ccc(CC(=O)O)cc1Oc1ccc(NC(=O)C(C)(C)C)cc1CSC(C)(C)C.[H-].[Na+]. The number of carbonyl (C=O) groups excluding carboxylic acids is 1. The van der Waals surface area contributed by atoms with Crippen molar-refractivity contribution in [3.63, 3.8) is 0 Å². The Labute approximate surface area is 224 Å². The average Bonchev–Trinajstić information content (AvgIpc) is 2.66. The largest absolute Gasteiger partial charge is 1.00 e. The summed E-state index contributed by atoms with van der Waals surface area (Å²) in [6.07, 6.45) is -0.106. The van der Waals surface area contributed by atoms with Gasteiger partial charge < -0.3 is 21.3 Å². The summed E-state index contributed by atoms with van der Waals surface area (Å²) in [6, 6.07) is 10.6. The van der Waals surface area contributed by atoms with Crippen LogP contribution in [0.25, 0.3) is 0 Å². The van der Waals surface area contributed by atoms with Crippen LogP contribution in [0.1, 0.15) is 54.1 Å². The third-order valence-electron chi connectivity index (χ3n) is 4.46. The van der Waals surface area contributed by atoms with Crippen LogP contribution in [0.5, 0.6) is 17.2 Å². The summed E-state index contributed by atoms with van der Waals surface area (Å²) >= 11 is 1.76. The second kappa shape index (κ2) is 12.2. The van der Waals surface area contributed by atoms with Crippen molar-refractivity contribution in [3.05, 3.63) is 47.5 Å². The minimum Gasteiger partial charge on any atom is -1.00 e. The molecule has 1 amide bonds. The molecule has 6 nitrogen and oxygen atoms in total. The number of aliphatic carboxylic acids is 1. The van der Waals surface area contributed by atoms with E-state index >= 15 is 0 Å². The predicted octanol–water partition coefficient (Wildman–Crippen LogP) is 3.25. The molecule has 0 heterocycles. The van der Waals surface area contributed by atoms with Gasteiger partial charge in [0.1, 0.15) is 5.75 Å². The van der Waals surface area contributed by atoms with Gasteiger partial charge in [0.05, 0.1) is 13.5 Å². The van der Waals surface area contributed by atoms with Gasteiger partial charge in [0.2, 0.25) is 5.91 Å². The number of methoxy groups -OCH3 is 1. The molecule has 2 rings (SSSR count). The van der Waals surface area contributed by atoms with E-state index < -0.39 is 11.4 Å². The number of hydrogen-bond donors (Lipinski definition) is 2. The molecule has 0 atom stereocenters. The van der Waals surface area contributed by atoms with Crippen LogP contribution in [0.2, 0.25) is 0 Å². The first kappa shape index (κ1) is 29.4. The fourth-order valence-corrected chi connectivity index (χ4v) is 3.50. The molecule has 0 aromatic heterocycles. The summed E-state index contributed by atoms with van der Waals surface area (Å²) in [4.78, 5) is 23.5. The fourth-order valence-electron chi connectivity index (χ4n) is 2.69. The number of ether oxygens (including phenoxy) is 2. The van der Waals surface area contributed by atoms with E-state index in [-0.39, 0.29) is 48.1 Å². The number of carboxylic acid groups (broad SMARTS) is 1. The van der Waals surface area contributed by atoms with Crippen molar-refractivity contribution in [3.8, 4) is 17.2 Å². The number of thioether (sulfide) groups is 1. The number of hydrogen-bond acceptors (Lipinski definition) is 5. The van der Waals surface area contributed by atoms with E-state index in [1.54, 1.807) is 43.1 Å². The Bertz CT molecular complexity index is 986. The summed E-state index contributed by atoms with van der Waals surface area (Å²) in [7, 11) is 1.54. The van der Waals surface area contributed by atoms with Gasteiger partial charge in [-0.25, -0.2) is 0 Å². The minimum atomic E-state index is -0.915. The normalized spacial score (nSPS) is 11.4. The summed E-state index contributed by atoms with van der Waals surface area (Å²) in [5.41, 5.74) is 1.73. The van der Waals surface area contributed by atoms with E-state index in [1.807, 2.05) is 32.9 Å². The number of nitrogens with one attached hydrogen (secondary N) is 1. The number of benzene rings is 2. The van der Waals surface area contributed by atoms with E-state index in [1.165, 1.54) is 0 Å². The quantitative estimate of drug-likeness (QED) is 0.561. The van der Waals surface area contributed by atoms with E-state index in [9.17, 15) is 9.59 Å². The third-order valence-corrected chi connectivity index (χ3v) is 5.78. The topological polar surface area (TPSA) is 84.9 Å². The van der Waals surface area contributed by atoms with Crippen LogP contribution < -0.4 is 44.3 Å². The number of carboxylic acids is 1. The Morgan fingerprint density at radius 3 is 2.18 bits per heavy atom. The van der Waals surface area contributed by atoms with Crippen LogP contribution in [-0.4, -0.2) is 28.8 Å². The van der Waals surface area contributed by atoms with Gasteiger partial charge in [0.15, 0.2) is 11.5 Å². The molecule has 0 aliphatic heterocycles. The molecular formula is C25H34NNaO5S. The van der Waals surface area contributed by atoms with Gasteiger partial charge in [0, 0.05) is 27.2 Å². The maximum Gasteiger partial charge on any atom is 1.00 e. The van der Waals surface area contributed by atoms with Gasteiger partial charge in [-0.05, 0) is 35.9 Å². The zero-order chi connectivity index (χ0) is 24.1. The second-order valence-electron chi connectivity index (χ2n) is 9.59. The first-order valence-corrected chi connectivity index (χ1v) is 11.4. The van der Waals surface area contributed by atoms with E-state index in [0.29, 0.717) is 34.3 Å². The Morgan fingerprint density at radius 1 is 1.00 bits per heavy atom. The first-order valence-electron chi connectivity index (χ1n) is 10.4. The molecule has 33 heavy (non-hydrogen) atoms. The van der Waals surface area contributed by atoms with Gasteiger partial charge in [-0.2, -0.15) is 11.8 Å².